The van der Waals surface area contributed by atoms with Crippen LogP contribution in [0.25, 0.3) is 0 Å². The Labute approximate surface area is 200 Å². The van der Waals surface area contributed by atoms with E-state index >= 15 is 0 Å². The summed E-state index contributed by atoms with van der Waals surface area (Å²) in [4.78, 5) is 21.8. The first-order chi connectivity index (χ1) is 16.1. The van der Waals surface area contributed by atoms with Crippen molar-refractivity contribution in [1.29, 1.82) is 0 Å². The number of anilines is 2. The first-order valence-corrected chi connectivity index (χ1v) is 11.8. The molecule has 1 N–H and O–H groups in total. The minimum atomic E-state index is -0.635. The van der Waals surface area contributed by atoms with Crippen LogP contribution in [0.4, 0.5) is 20.3 Å². The number of nitrogens with zero attached hydrogens (tertiary/aromatic N) is 3. The van der Waals surface area contributed by atoms with Crippen molar-refractivity contribution >= 4 is 17.4 Å². The van der Waals surface area contributed by atoms with Crippen LogP contribution in [0, 0.1) is 23.5 Å². The van der Waals surface area contributed by atoms with Gasteiger partial charge in [-0.15, -0.1) is 0 Å². The Morgan fingerprint density at radius 2 is 2.03 bits per heavy atom. The number of fused-ring (bicyclic) bond motifs is 1. The maximum Gasteiger partial charge on any atom is 0.225 e. The standard InChI is InChI=1S/C27H32F2N4O/c1-17(2)13-24-27(31-23-7-6-11-30-26(23)33(24)19(5)18(3)4)10-12-32(25(34)15-27)16-20-8-9-21(28)14-22(20)29/h6-9,11,13-14,17-18,31H,5,10,12,15-16H2,1-4H3/b24-13-. The number of piperidine rings is 1. The van der Waals surface area contributed by atoms with Crippen molar-refractivity contribution in [2.75, 3.05) is 16.8 Å². The predicted octanol–water partition coefficient (Wildman–Crippen LogP) is 5.86. The fourth-order valence-corrected chi connectivity index (χ4v) is 4.68. The normalized spacial score (nSPS) is 21.4. The van der Waals surface area contributed by atoms with Crippen LogP contribution in [0.1, 0.15) is 46.1 Å². The molecule has 4 rings (SSSR count). The van der Waals surface area contributed by atoms with E-state index in [1.807, 2.05) is 12.1 Å². The molecule has 1 atom stereocenters. The molecule has 0 radical (unpaired) electrons. The number of hydrogen-bond donors (Lipinski definition) is 1. The smallest absolute Gasteiger partial charge is 0.225 e. The highest BCUT2D eigenvalue weighted by molar-refractivity contribution is 5.85. The van der Waals surface area contributed by atoms with Crippen LogP contribution >= 0.6 is 0 Å². The van der Waals surface area contributed by atoms with E-state index in [2.05, 4.69) is 55.6 Å². The molecular weight excluding hydrogens is 434 g/mol. The number of nitrogens with one attached hydrogen (secondary N) is 1. The molecule has 180 valence electrons. The Hall–Kier alpha value is -3.22. The summed E-state index contributed by atoms with van der Waals surface area (Å²) in [5, 5.41) is 3.64. The van der Waals surface area contributed by atoms with Crippen LogP contribution in [0.5, 0.6) is 0 Å². The first kappa shape index (κ1) is 23.9. The van der Waals surface area contributed by atoms with Gasteiger partial charge in [-0.1, -0.05) is 46.4 Å². The van der Waals surface area contributed by atoms with Crippen LogP contribution in [0.3, 0.4) is 0 Å². The summed E-state index contributed by atoms with van der Waals surface area (Å²) in [6, 6.07) is 7.33. The number of pyridine rings is 1. The summed E-state index contributed by atoms with van der Waals surface area (Å²) in [6.45, 7) is 13.3. The van der Waals surface area contributed by atoms with E-state index in [9.17, 15) is 13.6 Å². The van der Waals surface area contributed by atoms with Gasteiger partial charge in [-0.2, -0.15) is 0 Å². The number of hydrogen-bond acceptors (Lipinski definition) is 4. The zero-order valence-corrected chi connectivity index (χ0v) is 20.2. The number of rotatable bonds is 5. The monoisotopic (exact) mass is 466 g/mol. The van der Waals surface area contributed by atoms with Crippen molar-refractivity contribution in [2.45, 2.75) is 52.6 Å². The van der Waals surface area contributed by atoms with Gasteiger partial charge in [0, 0.05) is 42.3 Å². The van der Waals surface area contributed by atoms with Gasteiger partial charge in [0.05, 0.1) is 17.6 Å². The SMILES string of the molecule is C=C(C(C)C)N1/C(=C\C(C)C)C2(CCN(Cc3ccc(F)cc3F)C(=O)C2)Nc2cccnc21. The topological polar surface area (TPSA) is 48.5 Å². The molecule has 0 saturated carbocycles. The van der Waals surface area contributed by atoms with Crippen molar-refractivity contribution < 1.29 is 13.6 Å². The summed E-state index contributed by atoms with van der Waals surface area (Å²) in [5.41, 5.74) is 2.43. The first-order valence-electron chi connectivity index (χ1n) is 11.8. The molecule has 34 heavy (non-hydrogen) atoms. The van der Waals surface area contributed by atoms with E-state index in [0.717, 1.165) is 29.0 Å². The van der Waals surface area contributed by atoms with Crippen molar-refractivity contribution in [3.63, 3.8) is 0 Å². The number of halogens is 2. The quantitative estimate of drug-likeness (QED) is 0.599. The fraction of sp³-hybridized carbons (Fsp3) is 0.407. The lowest BCUT2D eigenvalue weighted by atomic mass is 9.79. The molecule has 1 unspecified atom stereocenters. The molecule has 1 amide bonds. The molecule has 1 saturated heterocycles. The maximum absolute atomic E-state index is 14.2. The lowest BCUT2D eigenvalue weighted by Crippen LogP contribution is -2.58. The Bertz CT molecular complexity index is 1140. The molecule has 0 aliphatic carbocycles. The largest absolute Gasteiger partial charge is 0.370 e. The van der Waals surface area contributed by atoms with Crippen LogP contribution in [-0.2, 0) is 11.3 Å². The number of allylic oxidation sites excluding steroid dienone is 2. The van der Waals surface area contributed by atoms with Crippen molar-refractivity contribution in [1.82, 2.24) is 9.88 Å². The summed E-state index contributed by atoms with van der Waals surface area (Å²) in [6.07, 6.45) is 4.79. The second-order valence-corrected chi connectivity index (χ2v) is 9.84. The van der Waals surface area contributed by atoms with E-state index < -0.39 is 17.2 Å². The van der Waals surface area contributed by atoms with Crippen LogP contribution in [0.2, 0.25) is 0 Å². The molecular formula is C27H32F2N4O. The van der Waals surface area contributed by atoms with Crippen molar-refractivity contribution in [3.8, 4) is 0 Å². The Balaban J connectivity index is 1.71. The lowest BCUT2D eigenvalue weighted by Gasteiger charge is -2.51. The van der Waals surface area contributed by atoms with Crippen LogP contribution in [0.15, 0.2) is 60.6 Å². The fourth-order valence-electron chi connectivity index (χ4n) is 4.68. The molecule has 2 aliphatic heterocycles. The minimum absolute atomic E-state index is 0.0837. The Morgan fingerprint density at radius 3 is 2.68 bits per heavy atom. The Morgan fingerprint density at radius 1 is 1.26 bits per heavy atom. The number of benzene rings is 1. The number of carbonyl (C=O) groups is 1. The zero-order chi connectivity index (χ0) is 24.6. The molecule has 3 heterocycles. The predicted molar refractivity (Wildman–Crippen MR) is 131 cm³/mol. The van der Waals surface area contributed by atoms with Crippen molar-refractivity contribution in [2.24, 2.45) is 11.8 Å². The number of amides is 1. The molecule has 2 aromatic rings. The number of carbonyl (C=O) groups excluding carboxylic acids is 1. The van der Waals surface area contributed by atoms with Gasteiger partial charge in [-0.25, -0.2) is 13.8 Å². The highest BCUT2D eigenvalue weighted by Gasteiger charge is 2.48. The second-order valence-electron chi connectivity index (χ2n) is 9.84. The number of aromatic nitrogens is 1. The molecule has 2 aliphatic rings. The molecule has 1 fully saturated rings. The van der Waals surface area contributed by atoms with Gasteiger partial charge in [0.25, 0.3) is 0 Å². The maximum atomic E-state index is 14.2. The summed E-state index contributed by atoms with van der Waals surface area (Å²) in [5.74, 6) is -0.149. The van der Waals surface area contributed by atoms with Gasteiger partial charge in [-0.3, -0.25) is 9.69 Å². The highest BCUT2D eigenvalue weighted by atomic mass is 19.1. The second kappa shape index (κ2) is 9.20. The third-order valence-corrected chi connectivity index (χ3v) is 6.54. The van der Waals surface area contributed by atoms with Gasteiger partial charge in [0.2, 0.25) is 5.91 Å². The van der Waals surface area contributed by atoms with Crippen LogP contribution < -0.4 is 10.2 Å². The van der Waals surface area contributed by atoms with Gasteiger partial charge in [-0.05, 0) is 36.5 Å². The van der Waals surface area contributed by atoms with Crippen molar-refractivity contribution in [3.05, 3.63) is 77.8 Å². The van der Waals surface area contributed by atoms with Crippen LogP contribution in [-0.4, -0.2) is 27.9 Å². The van der Waals surface area contributed by atoms with E-state index in [-0.39, 0.29) is 30.7 Å². The average Bonchev–Trinajstić information content (AvgIpc) is 2.77. The number of likely N-dealkylation sites (tertiary alicyclic amines) is 1. The van der Waals surface area contributed by atoms with E-state index in [1.165, 1.54) is 12.1 Å². The summed E-state index contributed by atoms with van der Waals surface area (Å²) < 4.78 is 27.6. The van der Waals surface area contributed by atoms with Gasteiger partial charge in [0.15, 0.2) is 5.82 Å². The molecule has 1 aromatic carbocycles. The summed E-state index contributed by atoms with van der Waals surface area (Å²) in [7, 11) is 0. The van der Waals surface area contributed by atoms with Gasteiger partial charge in [0.1, 0.15) is 11.6 Å². The van der Waals surface area contributed by atoms with E-state index in [0.29, 0.717) is 18.5 Å². The molecule has 5 nitrogen and oxygen atoms in total. The van der Waals surface area contributed by atoms with Gasteiger partial charge < -0.3 is 10.2 Å². The molecule has 7 heteroatoms. The van der Waals surface area contributed by atoms with Gasteiger partial charge >= 0.3 is 0 Å². The molecule has 1 spiro atoms. The Kier molecular flexibility index (Phi) is 6.47. The third-order valence-electron chi connectivity index (χ3n) is 6.54. The summed E-state index contributed by atoms with van der Waals surface area (Å²) >= 11 is 0. The highest BCUT2D eigenvalue weighted by Crippen LogP contribution is 2.47. The zero-order valence-electron chi connectivity index (χ0n) is 20.2. The lowest BCUT2D eigenvalue weighted by molar-refractivity contribution is -0.135. The molecule has 0 bridgehead atoms. The molecule has 1 aromatic heterocycles. The van der Waals surface area contributed by atoms with E-state index in [4.69, 9.17) is 0 Å². The van der Waals surface area contributed by atoms with E-state index in [1.54, 1.807) is 11.1 Å². The minimum Gasteiger partial charge on any atom is -0.370 e. The average molecular weight is 467 g/mol. The third kappa shape index (κ3) is 4.43.